The average Bonchev–Trinajstić information content (AvgIpc) is 2.37. The molecule has 5 nitrogen and oxygen atoms in total. The first-order chi connectivity index (χ1) is 8.65. The van der Waals surface area contributed by atoms with Gasteiger partial charge in [0.1, 0.15) is 6.42 Å². The first-order valence-corrected chi connectivity index (χ1v) is 5.62. The molecular weight excluding hydrogens is 230 g/mol. The van der Waals surface area contributed by atoms with E-state index in [0.717, 1.165) is 5.56 Å². The Bertz CT molecular complexity index is 460. The van der Waals surface area contributed by atoms with Crippen LogP contribution in [0.3, 0.4) is 0 Å². The lowest BCUT2D eigenvalue weighted by Gasteiger charge is -2.05. The number of amides is 2. The first-order valence-electron chi connectivity index (χ1n) is 5.62. The van der Waals surface area contributed by atoms with Crippen LogP contribution in [0.15, 0.2) is 24.3 Å². The number of aryl methyl sites for hydroxylation is 1. The Morgan fingerprint density at radius 1 is 1.22 bits per heavy atom. The van der Waals surface area contributed by atoms with Gasteiger partial charge in [0.25, 0.3) is 0 Å². The van der Waals surface area contributed by atoms with E-state index in [9.17, 15) is 9.59 Å². The van der Waals surface area contributed by atoms with E-state index in [2.05, 4.69) is 10.6 Å². The minimum absolute atomic E-state index is 0.00130. The summed E-state index contributed by atoms with van der Waals surface area (Å²) >= 11 is 0. The highest BCUT2D eigenvalue weighted by Crippen LogP contribution is 2.11. The highest BCUT2D eigenvalue weighted by molar-refractivity contribution is 5.92. The quantitative estimate of drug-likeness (QED) is 0.818. The Hall–Kier alpha value is -2.35. The van der Waals surface area contributed by atoms with Crippen molar-refractivity contribution < 1.29 is 9.59 Å². The van der Waals surface area contributed by atoms with E-state index in [1.165, 1.54) is 0 Å². The Labute approximate surface area is 106 Å². The summed E-state index contributed by atoms with van der Waals surface area (Å²) in [6.45, 7) is 0. The monoisotopic (exact) mass is 245 g/mol. The van der Waals surface area contributed by atoms with Gasteiger partial charge in [0.15, 0.2) is 0 Å². The van der Waals surface area contributed by atoms with Gasteiger partial charge in [-0.15, -0.1) is 0 Å². The minimum atomic E-state index is -0.324. The molecule has 0 fully saturated rings. The van der Waals surface area contributed by atoms with E-state index >= 15 is 0 Å². The molecule has 1 rings (SSSR count). The van der Waals surface area contributed by atoms with Crippen LogP contribution >= 0.6 is 0 Å². The second-order valence-corrected chi connectivity index (χ2v) is 3.75. The van der Waals surface area contributed by atoms with E-state index in [4.69, 9.17) is 5.26 Å². The zero-order chi connectivity index (χ0) is 13.4. The van der Waals surface area contributed by atoms with Gasteiger partial charge < -0.3 is 10.6 Å². The topological polar surface area (TPSA) is 82.0 Å². The van der Waals surface area contributed by atoms with E-state index < -0.39 is 0 Å². The molecule has 1 aromatic rings. The summed E-state index contributed by atoms with van der Waals surface area (Å²) in [5.41, 5.74) is 1.68. The third-order valence-corrected chi connectivity index (χ3v) is 2.40. The number of rotatable bonds is 5. The van der Waals surface area contributed by atoms with Crippen molar-refractivity contribution in [2.24, 2.45) is 0 Å². The summed E-state index contributed by atoms with van der Waals surface area (Å²) in [6, 6.07) is 9.00. The highest BCUT2D eigenvalue weighted by Gasteiger charge is 2.02. The molecule has 0 aromatic heterocycles. The van der Waals surface area contributed by atoms with Crippen molar-refractivity contribution in [3.05, 3.63) is 29.8 Å². The van der Waals surface area contributed by atoms with Crippen LogP contribution < -0.4 is 10.6 Å². The van der Waals surface area contributed by atoms with Gasteiger partial charge in [-0.05, 0) is 24.1 Å². The van der Waals surface area contributed by atoms with Gasteiger partial charge in [-0.1, -0.05) is 12.1 Å². The predicted molar refractivity (Wildman–Crippen MR) is 67.7 cm³/mol. The fourth-order valence-corrected chi connectivity index (χ4v) is 1.41. The molecule has 0 aliphatic heterocycles. The number of hydrogen-bond donors (Lipinski definition) is 2. The van der Waals surface area contributed by atoms with Crippen LogP contribution in [0.5, 0.6) is 0 Å². The highest BCUT2D eigenvalue weighted by atomic mass is 16.2. The number of nitriles is 1. The number of nitrogens with one attached hydrogen (secondary N) is 2. The van der Waals surface area contributed by atoms with Gasteiger partial charge in [-0.2, -0.15) is 5.26 Å². The average molecular weight is 245 g/mol. The molecule has 0 unspecified atom stereocenters. The van der Waals surface area contributed by atoms with Crippen LogP contribution in [0.25, 0.3) is 0 Å². The lowest BCUT2D eigenvalue weighted by Crippen LogP contribution is -2.17. The minimum Gasteiger partial charge on any atom is -0.359 e. The zero-order valence-corrected chi connectivity index (χ0v) is 10.2. The molecule has 0 saturated heterocycles. The fourth-order valence-electron chi connectivity index (χ4n) is 1.41. The smallest absolute Gasteiger partial charge is 0.238 e. The third kappa shape index (κ3) is 4.66. The van der Waals surface area contributed by atoms with Crippen LogP contribution in [0.2, 0.25) is 0 Å². The molecule has 0 radical (unpaired) electrons. The zero-order valence-electron chi connectivity index (χ0n) is 10.2. The number of anilines is 1. The van der Waals surface area contributed by atoms with E-state index in [1.54, 1.807) is 25.2 Å². The van der Waals surface area contributed by atoms with E-state index in [1.807, 2.05) is 12.1 Å². The summed E-state index contributed by atoms with van der Waals surface area (Å²) in [5.74, 6) is -0.322. The van der Waals surface area contributed by atoms with Gasteiger partial charge in [0.2, 0.25) is 11.8 Å². The summed E-state index contributed by atoms with van der Waals surface area (Å²) in [7, 11) is 1.61. The molecule has 0 bridgehead atoms. The summed E-state index contributed by atoms with van der Waals surface area (Å²) in [4.78, 5) is 22.2. The van der Waals surface area contributed by atoms with Crippen molar-refractivity contribution in [1.29, 1.82) is 5.26 Å². The molecule has 2 N–H and O–H groups in total. The Morgan fingerprint density at radius 3 is 2.44 bits per heavy atom. The van der Waals surface area contributed by atoms with Gasteiger partial charge in [0, 0.05) is 19.2 Å². The molecule has 0 heterocycles. The molecule has 5 heteroatoms. The Balaban J connectivity index is 2.50. The number of carbonyl (C=O) groups excluding carboxylic acids is 2. The normalized spacial score (nSPS) is 9.33. The van der Waals surface area contributed by atoms with Gasteiger partial charge >= 0.3 is 0 Å². The summed E-state index contributed by atoms with van der Waals surface area (Å²) < 4.78 is 0. The maximum absolute atomic E-state index is 11.2. The van der Waals surface area contributed by atoms with Gasteiger partial charge in [-0.25, -0.2) is 0 Å². The number of hydrogen-bond acceptors (Lipinski definition) is 3. The van der Waals surface area contributed by atoms with Crippen molar-refractivity contribution in [2.75, 3.05) is 12.4 Å². The van der Waals surface area contributed by atoms with Crippen molar-refractivity contribution in [3.63, 3.8) is 0 Å². The van der Waals surface area contributed by atoms with Crippen LogP contribution in [0.1, 0.15) is 18.4 Å². The molecule has 0 saturated carbocycles. The van der Waals surface area contributed by atoms with Crippen molar-refractivity contribution in [1.82, 2.24) is 5.32 Å². The Morgan fingerprint density at radius 2 is 1.89 bits per heavy atom. The molecule has 2 amide bonds. The number of nitrogens with zero attached hydrogens (tertiary/aromatic N) is 1. The molecule has 18 heavy (non-hydrogen) atoms. The van der Waals surface area contributed by atoms with Crippen molar-refractivity contribution in [2.45, 2.75) is 19.3 Å². The van der Waals surface area contributed by atoms with Crippen LogP contribution in [-0.2, 0) is 16.0 Å². The molecule has 94 valence electrons. The Kier molecular flexibility index (Phi) is 5.39. The molecule has 1 aromatic carbocycles. The van der Waals surface area contributed by atoms with Gasteiger partial charge in [0.05, 0.1) is 6.07 Å². The maximum atomic E-state index is 11.2. The van der Waals surface area contributed by atoms with Crippen molar-refractivity contribution >= 4 is 17.5 Å². The van der Waals surface area contributed by atoms with E-state index in [-0.39, 0.29) is 18.2 Å². The lowest BCUT2D eigenvalue weighted by atomic mass is 10.1. The molecule has 0 atom stereocenters. The second-order valence-electron chi connectivity index (χ2n) is 3.75. The lowest BCUT2D eigenvalue weighted by molar-refractivity contribution is -0.120. The van der Waals surface area contributed by atoms with E-state index in [0.29, 0.717) is 18.5 Å². The fraction of sp³-hybridized carbons (Fsp3) is 0.308. The van der Waals surface area contributed by atoms with Crippen molar-refractivity contribution in [3.8, 4) is 6.07 Å². The maximum Gasteiger partial charge on any atom is 0.238 e. The molecular formula is C13H15N3O2. The van der Waals surface area contributed by atoms with Crippen LogP contribution in [0, 0.1) is 11.3 Å². The number of benzene rings is 1. The third-order valence-electron chi connectivity index (χ3n) is 2.40. The molecule has 0 aliphatic carbocycles. The molecule has 0 spiro atoms. The van der Waals surface area contributed by atoms with Gasteiger partial charge in [-0.3, -0.25) is 9.59 Å². The summed E-state index contributed by atoms with van der Waals surface area (Å²) in [6.07, 6.45) is 0.946. The largest absolute Gasteiger partial charge is 0.359 e. The van der Waals surface area contributed by atoms with Crippen LogP contribution in [-0.4, -0.2) is 18.9 Å². The van der Waals surface area contributed by atoms with Crippen LogP contribution in [0.4, 0.5) is 5.69 Å². The standard InChI is InChI=1S/C13H15N3O2/c1-15-12(17)7-4-10-2-5-11(6-3-10)16-13(18)8-9-14/h2-3,5-6H,4,7-8H2,1H3,(H,15,17)(H,16,18). The summed E-state index contributed by atoms with van der Waals surface area (Å²) in [5, 5.41) is 13.5. The first kappa shape index (κ1) is 13.7. The predicted octanol–water partition coefficient (Wildman–Crippen LogP) is 1.22. The molecule has 0 aliphatic rings. The SMILES string of the molecule is CNC(=O)CCc1ccc(NC(=O)CC#N)cc1. The second kappa shape index (κ2) is 7.07. The number of carbonyl (C=O) groups is 2.